The first kappa shape index (κ1) is 29.5. The average molecular weight is 543 g/mol. The number of sulfone groups is 1. The van der Waals surface area contributed by atoms with Crippen LogP contribution in [0, 0.1) is 17.8 Å². The number of Topliss-reactive ketones (excluding diaryl/α,β-unsaturated/α-hetero) is 1. The number of benzene rings is 2. The van der Waals surface area contributed by atoms with Gasteiger partial charge in [-0.15, -0.1) is 0 Å². The Morgan fingerprint density at radius 3 is 2.05 bits per heavy atom. The van der Waals surface area contributed by atoms with Crippen molar-refractivity contribution in [2.75, 3.05) is 5.75 Å². The molecule has 0 bridgehead atoms. The summed E-state index contributed by atoms with van der Waals surface area (Å²) >= 11 is 0. The molecule has 0 heterocycles. The first-order valence-corrected chi connectivity index (χ1v) is 14.7. The number of hydrogen-bond donors (Lipinski definition) is 3. The van der Waals surface area contributed by atoms with E-state index >= 15 is 0 Å². The zero-order valence-corrected chi connectivity index (χ0v) is 23.1. The second kappa shape index (κ2) is 12.7. The average Bonchev–Trinajstić information content (AvgIpc) is 3.56. The number of hydrogen-bond acceptors (Lipinski definition) is 6. The summed E-state index contributed by atoms with van der Waals surface area (Å²) in [5.74, 6) is -2.58. The number of aliphatic hydroxyl groups is 1. The number of carbonyl (C=O) groups excluding carboxylic acids is 3. The van der Waals surface area contributed by atoms with Gasteiger partial charge < -0.3 is 15.7 Å². The van der Waals surface area contributed by atoms with Gasteiger partial charge in [-0.3, -0.25) is 14.4 Å². The molecule has 0 spiro atoms. The van der Waals surface area contributed by atoms with Crippen molar-refractivity contribution in [2.45, 2.75) is 69.5 Å². The van der Waals surface area contributed by atoms with Crippen LogP contribution >= 0.6 is 0 Å². The highest BCUT2D eigenvalue weighted by atomic mass is 32.2. The maximum absolute atomic E-state index is 13.3. The van der Waals surface area contributed by atoms with Gasteiger partial charge in [0.15, 0.2) is 9.84 Å². The molecule has 0 aromatic heterocycles. The van der Waals surface area contributed by atoms with E-state index in [0.29, 0.717) is 6.42 Å². The number of carbonyl (C=O) groups is 3. The number of rotatable bonds is 13. The molecule has 1 aliphatic carbocycles. The maximum Gasteiger partial charge on any atom is 0.242 e. The van der Waals surface area contributed by atoms with Crippen LogP contribution in [0.4, 0.5) is 0 Å². The van der Waals surface area contributed by atoms with Crippen molar-refractivity contribution in [3.05, 3.63) is 66.2 Å². The summed E-state index contributed by atoms with van der Waals surface area (Å²) in [6, 6.07) is 15.5. The van der Waals surface area contributed by atoms with E-state index in [9.17, 15) is 27.9 Å². The standard InChI is InChI=1S/C29H38N2O6S/c1-18(2)17-22(30-23(32)15-16-38(36,37)21-13-9-6-10-14-21)29(35)31-26(19(3)4)28(34)25-24(27(25)33)20-11-7-5-8-12-20/h5-14,18-19,22,24-26,28,34H,15-17H2,1-4H3,(H,30,32)(H,31,35)/t22-,24?,25?,26-,28-/m0/s1. The Morgan fingerprint density at radius 2 is 1.50 bits per heavy atom. The molecule has 2 aromatic carbocycles. The minimum Gasteiger partial charge on any atom is -0.390 e. The van der Waals surface area contributed by atoms with Crippen LogP contribution in [-0.4, -0.2) is 55.1 Å². The first-order chi connectivity index (χ1) is 17.9. The van der Waals surface area contributed by atoms with Gasteiger partial charge in [0, 0.05) is 6.42 Å². The Bertz CT molecular complexity index is 1210. The zero-order chi connectivity index (χ0) is 28.0. The van der Waals surface area contributed by atoms with Gasteiger partial charge in [-0.2, -0.15) is 0 Å². The van der Waals surface area contributed by atoms with Crippen molar-refractivity contribution in [1.29, 1.82) is 0 Å². The van der Waals surface area contributed by atoms with Gasteiger partial charge in [-0.05, 0) is 36.0 Å². The van der Waals surface area contributed by atoms with E-state index < -0.39 is 51.7 Å². The van der Waals surface area contributed by atoms with Crippen LogP contribution in [-0.2, 0) is 24.2 Å². The van der Waals surface area contributed by atoms with E-state index in [2.05, 4.69) is 10.6 Å². The van der Waals surface area contributed by atoms with Crippen LogP contribution in [0.3, 0.4) is 0 Å². The molecule has 1 saturated carbocycles. The number of amides is 2. The summed E-state index contributed by atoms with van der Waals surface area (Å²) in [6.07, 6.45) is -1.04. The van der Waals surface area contributed by atoms with E-state index in [1.165, 1.54) is 12.1 Å². The van der Waals surface area contributed by atoms with Gasteiger partial charge in [-0.1, -0.05) is 76.2 Å². The lowest BCUT2D eigenvalue weighted by molar-refractivity contribution is -0.130. The molecule has 0 aliphatic heterocycles. The molecule has 2 aromatic rings. The molecule has 2 amide bonds. The highest BCUT2D eigenvalue weighted by Crippen LogP contribution is 2.46. The smallest absolute Gasteiger partial charge is 0.242 e. The third-order valence-corrected chi connectivity index (χ3v) is 8.60. The predicted molar refractivity (Wildman–Crippen MR) is 145 cm³/mol. The normalized spacial score (nSPS) is 19.6. The second-order valence-electron chi connectivity index (χ2n) is 10.7. The van der Waals surface area contributed by atoms with Gasteiger partial charge in [0.2, 0.25) is 11.8 Å². The largest absolute Gasteiger partial charge is 0.390 e. The quantitative estimate of drug-likeness (QED) is 0.357. The monoisotopic (exact) mass is 542 g/mol. The number of ketones is 1. The molecule has 0 saturated heterocycles. The molecule has 1 aliphatic rings. The van der Waals surface area contributed by atoms with E-state index in [1.54, 1.807) is 18.2 Å². The Morgan fingerprint density at radius 1 is 0.921 bits per heavy atom. The molecule has 38 heavy (non-hydrogen) atoms. The fourth-order valence-electron chi connectivity index (χ4n) is 4.73. The van der Waals surface area contributed by atoms with Crippen molar-refractivity contribution in [1.82, 2.24) is 10.6 Å². The van der Waals surface area contributed by atoms with Crippen LogP contribution in [0.2, 0.25) is 0 Å². The minimum atomic E-state index is -3.64. The minimum absolute atomic E-state index is 0.0599. The number of nitrogens with one attached hydrogen (secondary N) is 2. The molecular weight excluding hydrogens is 504 g/mol. The van der Waals surface area contributed by atoms with Crippen molar-refractivity contribution < 1.29 is 27.9 Å². The highest BCUT2D eigenvalue weighted by molar-refractivity contribution is 7.91. The molecule has 3 rings (SSSR count). The fourth-order valence-corrected chi connectivity index (χ4v) is 5.99. The van der Waals surface area contributed by atoms with Crippen LogP contribution < -0.4 is 10.6 Å². The SMILES string of the molecule is CC(C)C[C@H](NC(=O)CCS(=O)(=O)c1ccccc1)C(=O)N[C@@H](C(C)C)[C@@H](O)C1C(=O)C1c1ccccc1. The molecule has 3 N–H and O–H groups in total. The van der Waals surface area contributed by atoms with Crippen molar-refractivity contribution >= 4 is 27.4 Å². The van der Waals surface area contributed by atoms with Crippen LogP contribution in [0.15, 0.2) is 65.6 Å². The molecule has 206 valence electrons. The Balaban J connectivity index is 1.65. The Hall–Kier alpha value is -3.04. The van der Waals surface area contributed by atoms with Gasteiger partial charge in [-0.25, -0.2) is 8.42 Å². The molecule has 9 heteroatoms. The summed E-state index contributed by atoms with van der Waals surface area (Å²) in [5.41, 5.74) is 0.839. The lowest BCUT2D eigenvalue weighted by atomic mass is 9.92. The van der Waals surface area contributed by atoms with Gasteiger partial charge >= 0.3 is 0 Å². The van der Waals surface area contributed by atoms with Gasteiger partial charge in [0.05, 0.1) is 34.6 Å². The second-order valence-corrected chi connectivity index (χ2v) is 12.8. The topological polar surface area (TPSA) is 130 Å². The Labute approximate surface area is 225 Å². The van der Waals surface area contributed by atoms with E-state index in [1.807, 2.05) is 58.0 Å². The summed E-state index contributed by atoms with van der Waals surface area (Å²) in [5, 5.41) is 16.7. The first-order valence-electron chi connectivity index (χ1n) is 13.1. The zero-order valence-electron chi connectivity index (χ0n) is 22.3. The molecule has 5 atom stereocenters. The molecule has 0 radical (unpaired) electrons. The lowest BCUT2D eigenvalue weighted by Crippen LogP contribution is -2.55. The summed E-state index contributed by atoms with van der Waals surface area (Å²) in [4.78, 5) is 38.7. The van der Waals surface area contributed by atoms with E-state index in [4.69, 9.17) is 0 Å². The van der Waals surface area contributed by atoms with E-state index in [-0.39, 0.29) is 34.7 Å². The van der Waals surface area contributed by atoms with Crippen LogP contribution in [0.5, 0.6) is 0 Å². The summed E-state index contributed by atoms with van der Waals surface area (Å²) in [6.45, 7) is 7.52. The molecule has 1 fully saturated rings. The van der Waals surface area contributed by atoms with Crippen LogP contribution in [0.25, 0.3) is 0 Å². The number of aliphatic hydroxyl groups excluding tert-OH is 1. The van der Waals surface area contributed by atoms with Crippen LogP contribution in [0.1, 0.15) is 52.0 Å². The van der Waals surface area contributed by atoms with Gasteiger partial charge in [0.25, 0.3) is 0 Å². The molecule has 8 nitrogen and oxygen atoms in total. The van der Waals surface area contributed by atoms with Gasteiger partial charge in [0.1, 0.15) is 11.8 Å². The third kappa shape index (κ3) is 7.51. The summed E-state index contributed by atoms with van der Waals surface area (Å²) < 4.78 is 25.1. The predicted octanol–water partition coefficient (Wildman–Crippen LogP) is 2.87. The Kier molecular flexibility index (Phi) is 9.84. The molecular formula is C29H38N2O6S. The van der Waals surface area contributed by atoms with Crippen molar-refractivity contribution in [3.8, 4) is 0 Å². The maximum atomic E-state index is 13.3. The lowest BCUT2D eigenvalue weighted by Gasteiger charge is -2.30. The van der Waals surface area contributed by atoms with E-state index in [0.717, 1.165) is 5.56 Å². The van der Waals surface area contributed by atoms with Crippen molar-refractivity contribution in [2.24, 2.45) is 17.8 Å². The third-order valence-electron chi connectivity index (χ3n) is 6.87. The fraction of sp³-hybridized carbons (Fsp3) is 0.483. The van der Waals surface area contributed by atoms with Crippen molar-refractivity contribution in [3.63, 3.8) is 0 Å². The highest BCUT2D eigenvalue weighted by Gasteiger charge is 2.56. The summed E-state index contributed by atoms with van der Waals surface area (Å²) in [7, 11) is -3.64. The molecule has 2 unspecified atom stereocenters.